The Labute approximate surface area is 105 Å². The van der Waals surface area contributed by atoms with Crippen LogP contribution in [0.3, 0.4) is 0 Å². The topological polar surface area (TPSA) is 63.8 Å². The highest BCUT2D eigenvalue weighted by Crippen LogP contribution is 2.25. The van der Waals surface area contributed by atoms with Gasteiger partial charge in [-0.2, -0.15) is 0 Å². The van der Waals surface area contributed by atoms with E-state index in [-0.39, 0.29) is 18.4 Å². The fourth-order valence-corrected chi connectivity index (χ4v) is 2.31. The highest BCUT2D eigenvalue weighted by atomic mass is 35.5. The molecule has 6 heteroatoms. The summed E-state index contributed by atoms with van der Waals surface area (Å²) in [5.41, 5.74) is 6.82. The minimum Gasteiger partial charge on any atom is -0.382 e. The van der Waals surface area contributed by atoms with Gasteiger partial charge in [0.25, 0.3) is 0 Å². The third-order valence-corrected chi connectivity index (χ3v) is 3.34. The van der Waals surface area contributed by atoms with Crippen LogP contribution in [0.25, 0.3) is 10.2 Å². The normalized spacial score (nSPS) is 12.4. The van der Waals surface area contributed by atoms with Gasteiger partial charge in [-0.05, 0) is 24.9 Å². The number of aromatic nitrogens is 2. The number of nitrogens with one attached hydrogen (secondary N) is 1. The lowest BCUT2D eigenvalue weighted by atomic mass is 10.2. The van der Waals surface area contributed by atoms with Crippen molar-refractivity contribution in [2.75, 3.05) is 12.8 Å². The van der Waals surface area contributed by atoms with Crippen molar-refractivity contribution in [3.63, 3.8) is 0 Å². The van der Waals surface area contributed by atoms with Gasteiger partial charge in [-0.1, -0.05) is 6.92 Å². The predicted octanol–water partition coefficient (Wildman–Crippen LogP) is 2.37. The summed E-state index contributed by atoms with van der Waals surface area (Å²) >= 11 is 1.58. The largest absolute Gasteiger partial charge is 0.382 e. The molecule has 2 aromatic rings. The van der Waals surface area contributed by atoms with E-state index in [1.165, 1.54) is 0 Å². The second-order valence-corrected chi connectivity index (χ2v) is 4.27. The molecule has 16 heavy (non-hydrogen) atoms. The number of hydrogen-bond acceptors (Lipinski definition) is 5. The minimum atomic E-state index is 0. The second-order valence-electron chi connectivity index (χ2n) is 3.35. The van der Waals surface area contributed by atoms with E-state index in [2.05, 4.69) is 22.2 Å². The molecule has 1 atom stereocenters. The van der Waals surface area contributed by atoms with Gasteiger partial charge in [-0.3, -0.25) is 0 Å². The molecule has 2 rings (SSSR count). The molecular formula is C10H15ClN4S. The summed E-state index contributed by atoms with van der Waals surface area (Å²) in [6.07, 6.45) is 0.950. The van der Waals surface area contributed by atoms with E-state index in [9.17, 15) is 0 Å². The molecule has 0 radical (unpaired) electrons. The Bertz CT molecular complexity index is 467. The standard InChI is InChI=1S/C10H14N4S.ClH/c1-3-6(12-2)10-13-7-4-5-15-8(7)9(11)14-10;/h4-6,12H,3H2,1-2H3,(H2,11,13,14);1H/t6-;/m0./s1. The average Bonchev–Trinajstić information content (AvgIpc) is 2.68. The number of nitrogen functional groups attached to an aromatic ring is 1. The number of fused-ring (bicyclic) bond motifs is 1. The Morgan fingerprint density at radius 3 is 2.88 bits per heavy atom. The first-order valence-corrected chi connectivity index (χ1v) is 5.82. The summed E-state index contributed by atoms with van der Waals surface area (Å²) in [5.74, 6) is 1.36. The molecule has 0 aliphatic carbocycles. The maximum absolute atomic E-state index is 5.88. The highest BCUT2D eigenvalue weighted by Gasteiger charge is 2.13. The van der Waals surface area contributed by atoms with Crippen molar-refractivity contribution in [1.82, 2.24) is 15.3 Å². The molecule has 0 amide bonds. The van der Waals surface area contributed by atoms with Crippen LogP contribution in [0.4, 0.5) is 5.82 Å². The molecule has 0 aliphatic heterocycles. The average molecular weight is 259 g/mol. The lowest BCUT2D eigenvalue weighted by molar-refractivity contribution is 0.547. The molecule has 3 N–H and O–H groups in total. The van der Waals surface area contributed by atoms with E-state index in [0.29, 0.717) is 5.82 Å². The van der Waals surface area contributed by atoms with Gasteiger partial charge in [0.05, 0.1) is 16.3 Å². The molecule has 0 bridgehead atoms. The van der Waals surface area contributed by atoms with Gasteiger partial charge in [-0.25, -0.2) is 9.97 Å². The molecule has 4 nitrogen and oxygen atoms in total. The number of nitrogens with zero attached hydrogens (tertiary/aromatic N) is 2. The SMILES string of the molecule is CC[C@H](NC)c1nc(N)c2sccc2n1.Cl. The van der Waals surface area contributed by atoms with Crippen molar-refractivity contribution in [3.05, 3.63) is 17.3 Å². The number of anilines is 1. The zero-order valence-corrected chi connectivity index (χ0v) is 10.9. The molecule has 2 heterocycles. The summed E-state index contributed by atoms with van der Waals surface area (Å²) in [5, 5.41) is 5.16. The zero-order chi connectivity index (χ0) is 10.8. The monoisotopic (exact) mass is 258 g/mol. The molecule has 0 unspecified atom stereocenters. The lowest BCUT2D eigenvalue weighted by Crippen LogP contribution is -2.18. The molecule has 0 aromatic carbocycles. The molecule has 0 fully saturated rings. The number of nitrogens with two attached hydrogens (primary N) is 1. The molecule has 0 saturated carbocycles. The van der Waals surface area contributed by atoms with Crippen molar-refractivity contribution >= 4 is 39.8 Å². The maximum atomic E-state index is 5.88. The van der Waals surface area contributed by atoms with Crippen LogP contribution in [0.1, 0.15) is 25.2 Å². The van der Waals surface area contributed by atoms with Crippen LogP contribution >= 0.6 is 23.7 Å². The van der Waals surface area contributed by atoms with E-state index in [4.69, 9.17) is 5.73 Å². The number of hydrogen-bond donors (Lipinski definition) is 2. The Balaban J connectivity index is 0.00000128. The molecule has 0 saturated heterocycles. The van der Waals surface area contributed by atoms with Gasteiger partial charge < -0.3 is 11.1 Å². The first-order valence-electron chi connectivity index (χ1n) is 4.94. The van der Waals surface area contributed by atoms with E-state index >= 15 is 0 Å². The van der Waals surface area contributed by atoms with E-state index in [1.807, 2.05) is 18.5 Å². The van der Waals surface area contributed by atoms with Gasteiger partial charge in [0, 0.05) is 0 Å². The number of thiophene rings is 1. The van der Waals surface area contributed by atoms with E-state index in [1.54, 1.807) is 11.3 Å². The maximum Gasteiger partial charge on any atom is 0.148 e. The van der Waals surface area contributed by atoms with Crippen molar-refractivity contribution in [1.29, 1.82) is 0 Å². The van der Waals surface area contributed by atoms with Crippen LogP contribution in [-0.2, 0) is 0 Å². The van der Waals surface area contributed by atoms with Crippen LogP contribution in [-0.4, -0.2) is 17.0 Å². The summed E-state index contributed by atoms with van der Waals surface area (Å²) in [4.78, 5) is 8.82. The molecule has 0 spiro atoms. The Kier molecular flexibility index (Phi) is 4.46. The van der Waals surface area contributed by atoms with E-state index in [0.717, 1.165) is 22.5 Å². The summed E-state index contributed by atoms with van der Waals surface area (Å²) < 4.78 is 0.977. The summed E-state index contributed by atoms with van der Waals surface area (Å²) in [6, 6.07) is 2.15. The third kappa shape index (κ3) is 2.26. The zero-order valence-electron chi connectivity index (χ0n) is 9.23. The minimum absolute atomic E-state index is 0. The van der Waals surface area contributed by atoms with Crippen LogP contribution in [0.5, 0.6) is 0 Å². The van der Waals surface area contributed by atoms with Gasteiger partial charge in [0.15, 0.2) is 0 Å². The van der Waals surface area contributed by atoms with E-state index < -0.39 is 0 Å². The van der Waals surface area contributed by atoms with Crippen molar-refractivity contribution in [3.8, 4) is 0 Å². The van der Waals surface area contributed by atoms with Gasteiger partial charge in [0.2, 0.25) is 0 Å². The van der Waals surface area contributed by atoms with Crippen molar-refractivity contribution in [2.24, 2.45) is 0 Å². The molecule has 2 aromatic heterocycles. The fourth-order valence-electron chi connectivity index (χ4n) is 1.58. The van der Waals surface area contributed by atoms with Gasteiger partial charge in [0.1, 0.15) is 11.6 Å². The number of rotatable bonds is 3. The first kappa shape index (κ1) is 13.2. The molecular weight excluding hydrogens is 244 g/mol. The van der Waals surface area contributed by atoms with Crippen LogP contribution in [0.2, 0.25) is 0 Å². The Hall–Kier alpha value is -0.910. The molecule has 88 valence electrons. The summed E-state index contributed by atoms with van der Waals surface area (Å²) in [7, 11) is 1.91. The van der Waals surface area contributed by atoms with Gasteiger partial charge in [-0.15, -0.1) is 23.7 Å². The quantitative estimate of drug-likeness (QED) is 0.887. The van der Waals surface area contributed by atoms with Crippen LogP contribution < -0.4 is 11.1 Å². The highest BCUT2D eigenvalue weighted by molar-refractivity contribution is 7.17. The summed E-state index contributed by atoms with van der Waals surface area (Å²) in [6.45, 7) is 2.10. The second kappa shape index (κ2) is 5.43. The van der Waals surface area contributed by atoms with Crippen LogP contribution in [0.15, 0.2) is 11.4 Å². The smallest absolute Gasteiger partial charge is 0.148 e. The van der Waals surface area contributed by atoms with Crippen molar-refractivity contribution < 1.29 is 0 Å². The van der Waals surface area contributed by atoms with Crippen molar-refractivity contribution in [2.45, 2.75) is 19.4 Å². The Morgan fingerprint density at radius 1 is 1.50 bits per heavy atom. The Morgan fingerprint density at radius 2 is 2.25 bits per heavy atom. The van der Waals surface area contributed by atoms with Crippen LogP contribution in [0, 0.1) is 0 Å². The first-order chi connectivity index (χ1) is 7.26. The van der Waals surface area contributed by atoms with Gasteiger partial charge >= 0.3 is 0 Å². The third-order valence-electron chi connectivity index (χ3n) is 2.42. The lowest BCUT2D eigenvalue weighted by Gasteiger charge is -2.12. The molecule has 0 aliphatic rings. The fraction of sp³-hybridized carbons (Fsp3) is 0.400. The number of halogens is 1. The predicted molar refractivity (Wildman–Crippen MR) is 71.2 cm³/mol.